The summed E-state index contributed by atoms with van der Waals surface area (Å²) in [6.45, 7) is 10.4. The van der Waals surface area contributed by atoms with Gasteiger partial charge in [0.25, 0.3) is 0 Å². The molecule has 1 fully saturated rings. The van der Waals surface area contributed by atoms with E-state index in [1.54, 1.807) is 0 Å². The number of aliphatic hydroxyl groups is 1. The van der Waals surface area contributed by atoms with Gasteiger partial charge in [-0.2, -0.15) is 0 Å². The molecule has 15 heavy (non-hydrogen) atoms. The molecule has 1 aliphatic heterocycles. The monoisotopic (exact) mass is 214 g/mol. The van der Waals surface area contributed by atoms with Crippen LogP contribution in [0.25, 0.3) is 0 Å². The highest BCUT2D eigenvalue weighted by Gasteiger charge is 2.33. The van der Waals surface area contributed by atoms with E-state index in [0.717, 1.165) is 26.1 Å². The van der Waals surface area contributed by atoms with Crippen LogP contribution in [0.1, 0.15) is 40.0 Å². The third kappa shape index (κ3) is 3.44. The zero-order chi connectivity index (χ0) is 11.3. The molecular formula is C12H26N2O. The first-order valence-corrected chi connectivity index (χ1v) is 6.20. The smallest absolute Gasteiger partial charge is 0.0446 e. The van der Waals surface area contributed by atoms with Crippen molar-refractivity contribution >= 4 is 0 Å². The van der Waals surface area contributed by atoms with Crippen molar-refractivity contribution in [2.24, 2.45) is 0 Å². The lowest BCUT2D eigenvalue weighted by molar-refractivity contribution is 0.0638. The minimum atomic E-state index is 0.263. The summed E-state index contributed by atoms with van der Waals surface area (Å²) in [5, 5.41) is 12.6. The first-order chi connectivity index (χ1) is 7.11. The van der Waals surface area contributed by atoms with Crippen molar-refractivity contribution in [2.45, 2.75) is 51.6 Å². The first kappa shape index (κ1) is 12.9. The molecule has 0 aromatic carbocycles. The molecule has 1 heterocycles. The molecular weight excluding hydrogens is 188 g/mol. The summed E-state index contributed by atoms with van der Waals surface area (Å²) in [6.07, 6.45) is 3.26. The Bertz CT molecular complexity index is 182. The van der Waals surface area contributed by atoms with Crippen molar-refractivity contribution < 1.29 is 5.11 Å². The third-order valence-electron chi connectivity index (χ3n) is 3.44. The number of rotatable bonds is 4. The van der Waals surface area contributed by atoms with E-state index in [4.69, 9.17) is 5.11 Å². The Morgan fingerprint density at radius 3 is 2.80 bits per heavy atom. The Morgan fingerprint density at radius 2 is 2.20 bits per heavy atom. The van der Waals surface area contributed by atoms with Crippen LogP contribution in [0.3, 0.4) is 0 Å². The van der Waals surface area contributed by atoms with Gasteiger partial charge in [0.2, 0.25) is 0 Å². The molecule has 1 unspecified atom stereocenters. The van der Waals surface area contributed by atoms with Crippen LogP contribution in [0.5, 0.6) is 0 Å². The molecule has 2 N–H and O–H groups in total. The highest BCUT2D eigenvalue weighted by Crippen LogP contribution is 2.24. The normalized spacial score (nSPS) is 27.6. The van der Waals surface area contributed by atoms with Gasteiger partial charge in [-0.05, 0) is 46.2 Å². The zero-order valence-corrected chi connectivity index (χ0v) is 10.4. The lowest BCUT2D eigenvalue weighted by Gasteiger charge is -2.41. The minimum absolute atomic E-state index is 0.263. The summed E-state index contributed by atoms with van der Waals surface area (Å²) in [5.41, 5.74) is 0.263. The van der Waals surface area contributed by atoms with Crippen molar-refractivity contribution in [3.05, 3.63) is 0 Å². The SMILES string of the molecule is CCCN1C(CCO)CNCCC1(C)C. The predicted molar refractivity (Wildman–Crippen MR) is 64.1 cm³/mol. The first-order valence-electron chi connectivity index (χ1n) is 6.20. The molecule has 0 aliphatic carbocycles. The van der Waals surface area contributed by atoms with E-state index >= 15 is 0 Å². The average molecular weight is 214 g/mol. The number of nitrogens with one attached hydrogen (secondary N) is 1. The minimum Gasteiger partial charge on any atom is -0.396 e. The van der Waals surface area contributed by atoms with Gasteiger partial charge >= 0.3 is 0 Å². The Labute approximate surface area is 93.9 Å². The summed E-state index contributed by atoms with van der Waals surface area (Å²) in [5.74, 6) is 0. The summed E-state index contributed by atoms with van der Waals surface area (Å²) in [6, 6.07) is 0.493. The second-order valence-electron chi connectivity index (χ2n) is 5.13. The molecule has 0 radical (unpaired) electrons. The Kier molecular flexibility index (Phi) is 5.03. The molecule has 3 heteroatoms. The molecule has 0 aromatic rings. The largest absolute Gasteiger partial charge is 0.396 e. The lowest BCUT2D eigenvalue weighted by atomic mass is 9.96. The molecule has 0 aromatic heterocycles. The Balaban J connectivity index is 2.72. The average Bonchev–Trinajstić information content (AvgIpc) is 2.31. The van der Waals surface area contributed by atoms with Crippen molar-refractivity contribution in [3.63, 3.8) is 0 Å². The van der Waals surface area contributed by atoms with Gasteiger partial charge in [-0.25, -0.2) is 0 Å². The van der Waals surface area contributed by atoms with E-state index in [-0.39, 0.29) is 5.54 Å². The number of nitrogens with zero attached hydrogens (tertiary/aromatic N) is 1. The Morgan fingerprint density at radius 1 is 1.47 bits per heavy atom. The van der Waals surface area contributed by atoms with Crippen LogP contribution in [-0.4, -0.2) is 47.8 Å². The second kappa shape index (κ2) is 5.83. The maximum Gasteiger partial charge on any atom is 0.0446 e. The van der Waals surface area contributed by atoms with Gasteiger partial charge in [0, 0.05) is 24.7 Å². The van der Waals surface area contributed by atoms with Gasteiger partial charge in [0.15, 0.2) is 0 Å². The number of aliphatic hydroxyl groups excluding tert-OH is 1. The molecule has 90 valence electrons. The fourth-order valence-corrected chi connectivity index (χ4v) is 2.54. The summed E-state index contributed by atoms with van der Waals surface area (Å²) in [4.78, 5) is 2.57. The van der Waals surface area contributed by atoms with Crippen LogP contribution in [0.15, 0.2) is 0 Å². The van der Waals surface area contributed by atoms with Crippen LogP contribution >= 0.6 is 0 Å². The number of hydrogen-bond donors (Lipinski definition) is 2. The highest BCUT2D eigenvalue weighted by molar-refractivity contribution is 4.90. The van der Waals surface area contributed by atoms with Crippen LogP contribution in [0, 0.1) is 0 Å². The fraction of sp³-hybridized carbons (Fsp3) is 1.00. The second-order valence-corrected chi connectivity index (χ2v) is 5.13. The van der Waals surface area contributed by atoms with E-state index in [1.165, 1.54) is 12.8 Å². The standard InChI is InChI=1S/C12H26N2O/c1-4-8-14-11(5-9-15)10-13-7-6-12(14,2)3/h11,13,15H,4-10H2,1-3H3. The Hall–Kier alpha value is -0.120. The molecule has 0 amide bonds. The predicted octanol–water partition coefficient (Wildman–Crippen LogP) is 1.22. The third-order valence-corrected chi connectivity index (χ3v) is 3.44. The van der Waals surface area contributed by atoms with E-state index in [9.17, 15) is 0 Å². The van der Waals surface area contributed by atoms with Crippen LogP contribution < -0.4 is 5.32 Å². The summed E-state index contributed by atoms with van der Waals surface area (Å²) < 4.78 is 0. The maximum absolute atomic E-state index is 9.11. The van der Waals surface area contributed by atoms with Gasteiger partial charge in [0.05, 0.1) is 0 Å². The number of hydrogen-bond acceptors (Lipinski definition) is 3. The van der Waals surface area contributed by atoms with Gasteiger partial charge in [-0.3, -0.25) is 4.90 Å². The van der Waals surface area contributed by atoms with Crippen molar-refractivity contribution in [1.82, 2.24) is 10.2 Å². The van der Waals surface area contributed by atoms with Gasteiger partial charge in [0.1, 0.15) is 0 Å². The van der Waals surface area contributed by atoms with Crippen molar-refractivity contribution in [1.29, 1.82) is 0 Å². The maximum atomic E-state index is 9.11. The zero-order valence-electron chi connectivity index (χ0n) is 10.4. The van der Waals surface area contributed by atoms with Crippen molar-refractivity contribution in [3.8, 4) is 0 Å². The van der Waals surface area contributed by atoms with E-state index < -0.39 is 0 Å². The van der Waals surface area contributed by atoms with E-state index in [2.05, 4.69) is 31.0 Å². The van der Waals surface area contributed by atoms with Gasteiger partial charge in [-0.15, -0.1) is 0 Å². The molecule has 1 saturated heterocycles. The van der Waals surface area contributed by atoms with Gasteiger partial charge < -0.3 is 10.4 Å². The molecule has 0 spiro atoms. The quantitative estimate of drug-likeness (QED) is 0.738. The van der Waals surface area contributed by atoms with Crippen LogP contribution in [-0.2, 0) is 0 Å². The molecule has 0 bridgehead atoms. The van der Waals surface area contributed by atoms with E-state index in [1.807, 2.05) is 0 Å². The molecule has 1 atom stereocenters. The molecule has 3 nitrogen and oxygen atoms in total. The van der Waals surface area contributed by atoms with Crippen LogP contribution in [0.2, 0.25) is 0 Å². The highest BCUT2D eigenvalue weighted by atomic mass is 16.3. The fourth-order valence-electron chi connectivity index (χ4n) is 2.54. The topological polar surface area (TPSA) is 35.5 Å². The van der Waals surface area contributed by atoms with Crippen molar-refractivity contribution in [2.75, 3.05) is 26.2 Å². The van der Waals surface area contributed by atoms with E-state index in [0.29, 0.717) is 12.6 Å². The molecule has 1 rings (SSSR count). The lowest BCUT2D eigenvalue weighted by Crippen LogP contribution is -2.51. The summed E-state index contributed by atoms with van der Waals surface area (Å²) in [7, 11) is 0. The summed E-state index contributed by atoms with van der Waals surface area (Å²) >= 11 is 0. The van der Waals surface area contributed by atoms with Crippen LogP contribution in [0.4, 0.5) is 0 Å². The molecule has 1 aliphatic rings. The molecule has 0 saturated carbocycles. The van der Waals surface area contributed by atoms with Gasteiger partial charge in [-0.1, -0.05) is 6.92 Å².